The van der Waals surface area contributed by atoms with Crippen molar-refractivity contribution >= 4 is 29.7 Å². The molecule has 2 atom stereocenters. The Balaban J connectivity index is 0.00000177. The van der Waals surface area contributed by atoms with E-state index in [1.807, 2.05) is 43.3 Å². The number of rotatable bonds is 13. The second-order valence-corrected chi connectivity index (χ2v) is 10.5. The second kappa shape index (κ2) is 17.2. The molecule has 1 heterocycles. The van der Waals surface area contributed by atoms with Crippen molar-refractivity contribution in [3.8, 4) is 0 Å². The highest BCUT2D eigenvalue weighted by atomic mass is 19.4. The molecule has 12 heteroatoms. The third kappa shape index (κ3) is 10.9. The van der Waals surface area contributed by atoms with Crippen molar-refractivity contribution in [2.24, 2.45) is 0 Å². The van der Waals surface area contributed by atoms with Gasteiger partial charge in [0.25, 0.3) is 12.4 Å². The molecule has 0 unspecified atom stereocenters. The van der Waals surface area contributed by atoms with Gasteiger partial charge in [0, 0.05) is 43.0 Å². The van der Waals surface area contributed by atoms with Gasteiger partial charge >= 0.3 is 6.18 Å². The van der Waals surface area contributed by atoms with E-state index >= 15 is 0 Å². The highest BCUT2D eigenvalue weighted by Gasteiger charge is 2.30. The van der Waals surface area contributed by atoms with E-state index in [-0.39, 0.29) is 24.8 Å². The van der Waals surface area contributed by atoms with Crippen LogP contribution in [0.2, 0.25) is 0 Å². The maximum atomic E-state index is 13.5. The summed E-state index contributed by atoms with van der Waals surface area (Å²) in [6, 6.07) is 19.3. The summed E-state index contributed by atoms with van der Waals surface area (Å²) in [5.41, 5.74) is 2.50. The van der Waals surface area contributed by atoms with Gasteiger partial charge in [-0.15, -0.1) is 0 Å². The Morgan fingerprint density at radius 3 is 2.40 bits per heavy atom. The Hall–Kier alpha value is -4.42. The number of carboxylic acid groups (broad SMARTS) is 1. The van der Waals surface area contributed by atoms with Gasteiger partial charge in [-0.2, -0.15) is 13.2 Å². The van der Waals surface area contributed by atoms with Crippen LogP contribution in [0.4, 0.5) is 24.5 Å². The Labute approximate surface area is 260 Å². The summed E-state index contributed by atoms with van der Waals surface area (Å²) >= 11 is 0. The average molecular weight is 629 g/mol. The molecule has 242 valence electrons. The number of benzene rings is 3. The quantitative estimate of drug-likeness (QED) is 0.139. The standard InChI is InChI=1S/C32H37F3N4O3.CH2O2/c1-2-37-26-18-24(19-27(20-26)39-15-7-12-30(39)41)31(42)38-28(17-22-8-4-3-5-9-22)29(40)21-36-14-13-23-10-6-11-25(16-23)32(33,34)35;2-1-3/h3-6,8-11,16,18-20,28-29,36-37,40H,2,7,12-15,17,21H2,1H3,(H,38,42);1H,(H,2,3)/t28-,29+;/m0./s1. The van der Waals surface area contributed by atoms with Crippen molar-refractivity contribution in [2.45, 2.75) is 50.9 Å². The molecule has 0 spiro atoms. The van der Waals surface area contributed by atoms with Crippen molar-refractivity contribution in [1.82, 2.24) is 10.6 Å². The topological polar surface area (TPSA) is 131 Å². The predicted molar refractivity (Wildman–Crippen MR) is 166 cm³/mol. The first-order chi connectivity index (χ1) is 21.5. The van der Waals surface area contributed by atoms with Crippen LogP contribution in [0.15, 0.2) is 72.8 Å². The number of anilines is 2. The zero-order valence-electron chi connectivity index (χ0n) is 25.0. The lowest BCUT2D eigenvalue weighted by Crippen LogP contribution is -2.49. The number of nitrogens with zero attached hydrogens (tertiary/aromatic N) is 1. The number of carbonyl (C=O) groups excluding carboxylic acids is 2. The van der Waals surface area contributed by atoms with Crippen molar-refractivity contribution in [3.05, 3.63) is 95.1 Å². The minimum Gasteiger partial charge on any atom is -0.483 e. The van der Waals surface area contributed by atoms with Crippen LogP contribution in [0.1, 0.15) is 46.8 Å². The molecule has 0 saturated carbocycles. The molecule has 1 aliphatic rings. The molecule has 1 aliphatic heterocycles. The molecule has 3 aromatic carbocycles. The van der Waals surface area contributed by atoms with Crippen LogP contribution < -0.4 is 20.9 Å². The van der Waals surface area contributed by atoms with Gasteiger partial charge in [-0.1, -0.05) is 48.5 Å². The third-order valence-electron chi connectivity index (χ3n) is 7.22. The number of aliphatic hydroxyl groups excluding tert-OH is 1. The fourth-order valence-electron chi connectivity index (χ4n) is 5.06. The maximum Gasteiger partial charge on any atom is 0.416 e. The monoisotopic (exact) mass is 628 g/mol. The Kier molecular flexibility index (Phi) is 13.4. The molecule has 1 fully saturated rings. The van der Waals surface area contributed by atoms with E-state index in [9.17, 15) is 27.9 Å². The SMILES string of the molecule is CCNc1cc(C(=O)N[C@@H](Cc2ccccc2)[C@H](O)CNCCc2cccc(C(F)(F)F)c2)cc(N2CCCC2=O)c1.O=CO. The van der Waals surface area contributed by atoms with Crippen LogP contribution in [-0.2, 0) is 28.6 Å². The number of hydrogen-bond donors (Lipinski definition) is 5. The van der Waals surface area contributed by atoms with Crippen LogP contribution in [0, 0.1) is 0 Å². The van der Waals surface area contributed by atoms with Gasteiger partial charge in [0.2, 0.25) is 5.91 Å². The number of alkyl halides is 3. The molecule has 0 bridgehead atoms. The largest absolute Gasteiger partial charge is 0.483 e. The van der Waals surface area contributed by atoms with Gasteiger partial charge in [-0.05, 0) is 68.1 Å². The molecule has 0 aliphatic carbocycles. The lowest BCUT2D eigenvalue weighted by molar-refractivity contribution is -0.137. The molecule has 0 aromatic heterocycles. The smallest absolute Gasteiger partial charge is 0.416 e. The molecule has 1 saturated heterocycles. The highest BCUT2D eigenvalue weighted by Crippen LogP contribution is 2.30. The number of aliphatic hydroxyl groups is 1. The van der Waals surface area contributed by atoms with Crippen molar-refractivity contribution < 1.29 is 37.8 Å². The molecule has 0 radical (unpaired) electrons. The molecule has 4 rings (SSSR count). The minimum absolute atomic E-state index is 0.0172. The van der Waals surface area contributed by atoms with Gasteiger partial charge in [-0.3, -0.25) is 14.4 Å². The zero-order valence-corrected chi connectivity index (χ0v) is 25.0. The van der Waals surface area contributed by atoms with Crippen LogP contribution in [0.5, 0.6) is 0 Å². The lowest BCUT2D eigenvalue weighted by atomic mass is 10.00. The first kappa shape index (κ1) is 35.1. The molecule has 5 N–H and O–H groups in total. The van der Waals surface area contributed by atoms with Gasteiger partial charge in [0.1, 0.15) is 0 Å². The van der Waals surface area contributed by atoms with Crippen molar-refractivity contribution in [3.63, 3.8) is 0 Å². The molecular weight excluding hydrogens is 589 g/mol. The zero-order chi connectivity index (χ0) is 32.8. The fraction of sp³-hybridized carbons (Fsp3) is 0.364. The van der Waals surface area contributed by atoms with Crippen LogP contribution in [-0.4, -0.2) is 66.8 Å². The van der Waals surface area contributed by atoms with E-state index in [2.05, 4.69) is 16.0 Å². The predicted octanol–water partition coefficient (Wildman–Crippen LogP) is 4.50. The number of hydrogen-bond acceptors (Lipinski definition) is 6. The number of nitrogens with one attached hydrogen (secondary N) is 3. The minimum atomic E-state index is -4.40. The van der Waals surface area contributed by atoms with E-state index in [0.717, 1.165) is 29.8 Å². The van der Waals surface area contributed by atoms with Gasteiger partial charge in [0.15, 0.2) is 0 Å². The molecule has 3 aromatic rings. The highest BCUT2D eigenvalue weighted by molar-refractivity contribution is 6.00. The summed E-state index contributed by atoms with van der Waals surface area (Å²) in [5, 5.41) is 27.3. The van der Waals surface area contributed by atoms with Gasteiger partial charge < -0.3 is 31.1 Å². The summed E-state index contributed by atoms with van der Waals surface area (Å²) in [6.07, 6.45) is -3.43. The van der Waals surface area contributed by atoms with E-state index in [1.54, 1.807) is 23.1 Å². The summed E-state index contributed by atoms with van der Waals surface area (Å²) < 4.78 is 39.1. The normalized spacial score (nSPS) is 14.2. The third-order valence-corrected chi connectivity index (χ3v) is 7.22. The molecule has 45 heavy (non-hydrogen) atoms. The first-order valence-electron chi connectivity index (χ1n) is 14.7. The number of halogens is 3. The van der Waals surface area contributed by atoms with E-state index in [0.29, 0.717) is 55.7 Å². The van der Waals surface area contributed by atoms with Crippen LogP contribution in [0.25, 0.3) is 0 Å². The van der Waals surface area contributed by atoms with E-state index in [1.165, 1.54) is 6.07 Å². The molecular formula is C33H39F3N4O5. The Morgan fingerprint density at radius 1 is 1.04 bits per heavy atom. The summed E-state index contributed by atoms with van der Waals surface area (Å²) in [4.78, 5) is 35.9. The van der Waals surface area contributed by atoms with Crippen LogP contribution >= 0.6 is 0 Å². The Bertz CT molecular complexity index is 1400. The summed E-state index contributed by atoms with van der Waals surface area (Å²) in [5.74, 6) is -0.366. The molecule has 9 nitrogen and oxygen atoms in total. The number of carbonyl (C=O) groups is 3. The Morgan fingerprint density at radius 2 is 1.76 bits per heavy atom. The van der Waals surface area contributed by atoms with Gasteiger partial charge in [0.05, 0.1) is 17.7 Å². The summed E-state index contributed by atoms with van der Waals surface area (Å²) in [7, 11) is 0. The van der Waals surface area contributed by atoms with E-state index in [4.69, 9.17) is 9.90 Å². The molecule has 2 amide bonds. The first-order valence-corrected chi connectivity index (χ1v) is 14.7. The van der Waals surface area contributed by atoms with E-state index < -0.39 is 23.9 Å². The average Bonchev–Trinajstić information content (AvgIpc) is 3.45. The lowest BCUT2D eigenvalue weighted by Gasteiger charge is -2.25. The van der Waals surface area contributed by atoms with Gasteiger partial charge in [-0.25, -0.2) is 0 Å². The maximum absolute atomic E-state index is 13.5. The number of amides is 2. The second-order valence-electron chi connectivity index (χ2n) is 10.5. The van der Waals surface area contributed by atoms with Crippen molar-refractivity contribution in [1.29, 1.82) is 0 Å². The fourth-order valence-corrected chi connectivity index (χ4v) is 5.06. The summed E-state index contributed by atoms with van der Waals surface area (Å²) in [6.45, 7) is 3.40. The van der Waals surface area contributed by atoms with Crippen molar-refractivity contribution in [2.75, 3.05) is 36.4 Å². The van der Waals surface area contributed by atoms with Crippen LogP contribution in [0.3, 0.4) is 0 Å².